The number of carbonyl (C=O) groups is 1. The van der Waals surface area contributed by atoms with Gasteiger partial charge in [-0.3, -0.25) is 4.79 Å². The second-order valence-corrected chi connectivity index (χ2v) is 5.72. The summed E-state index contributed by atoms with van der Waals surface area (Å²) in [4.78, 5) is 15.1. The van der Waals surface area contributed by atoms with E-state index < -0.39 is 0 Å². The molecular weight excluding hydrogens is 288 g/mol. The molecule has 1 fully saturated rings. The predicted molar refractivity (Wildman–Crippen MR) is 70.3 cm³/mol. The van der Waals surface area contributed by atoms with Crippen LogP contribution >= 0.6 is 27.3 Å². The normalized spacial score (nSPS) is 17.6. The molecule has 2 heterocycles. The minimum atomic E-state index is 0.259. The standard InChI is InChI=1S/C11H15BrN2OS/c12-9-7-11(16-8-9)10(15)1-4-14-5-2-13-3-6-14/h7-8,13H,1-6H2. The van der Waals surface area contributed by atoms with E-state index in [0.29, 0.717) is 6.42 Å². The Morgan fingerprint density at radius 2 is 2.25 bits per heavy atom. The van der Waals surface area contributed by atoms with Crippen LogP contribution in [0.5, 0.6) is 0 Å². The van der Waals surface area contributed by atoms with E-state index in [1.807, 2.05) is 11.4 Å². The molecule has 0 atom stereocenters. The Hall–Kier alpha value is -0.230. The van der Waals surface area contributed by atoms with Crippen molar-refractivity contribution < 1.29 is 4.79 Å². The lowest BCUT2D eigenvalue weighted by molar-refractivity contribution is 0.0964. The Kier molecular flexibility index (Phi) is 4.52. The summed E-state index contributed by atoms with van der Waals surface area (Å²) >= 11 is 4.88. The number of nitrogens with zero attached hydrogens (tertiary/aromatic N) is 1. The Labute approximate surface area is 108 Å². The van der Waals surface area contributed by atoms with E-state index in [1.165, 1.54) is 11.3 Å². The molecule has 1 N–H and O–H groups in total. The molecule has 88 valence electrons. The highest BCUT2D eigenvalue weighted by Crippen LogP contribution is 2.21. The molecule has 1 aromatic heterocycles. The van der Waals surface area contributed by atoms with Gasteiger partial charge in [0.15, 0.2) is 5.78 Å². The molecule has 0 aliphatic carbocycles. The summed E-state index contributed by atoms with van der Waals surface area (Å²) in [6.45, 7) is 5.08. The van der Waals surface area contributed by atoms with Gasteiger partial charge in [0, 0.05) is 49.0 Å². The summed E-state index contributed by atoms with van der Waals surface area (Å²) in [6, 6.07) is 1.91. The minimum Gasteiger partial charge on any atom is -0.314 e. The van der Waals surface area contributed by atoms with Crippen LogP contribution in [0.1, 0.15) is 16.1 Å². The van der Waals surface area contributed by atoms with Crippen molar-refractivity contribution in [3.63, 3.8) is 0 Å². The topological polar surface area (TPSA) is 32.3 Å². The van der Waals surface area contributed by atoms with Crippen LogP contribution in [0.4, 0.5) is 0 Å². The zero-order valence-electron chi connectivity index (χ0n) is 9.04. The van der Waals surface area contributed by atoms with Gasteiger partial charge in [0.25, 0.3) is 0 Å². The fourth-order valence-corrected chi connectivity index (χ4v) is 3.17. The van der Waals surface area contributed by atoms with Crippen molar-refractivity contribution in [3.8, 4) is 0 Å². The first kappa shape index (κ1) is 12.2. The lowest BCUT2D eigenvalue weighted by Crippen LogP contribution is -2.44. The van der Waals surface area contributed by atoms with Gasteiger partial charge in [0.2, 0.25) is 0 Å². The van der Waals surface area contributed by atoms with Crippen LogP contribution in [0.2, 0.25) is 0 Å². The number of ketones is 1. The van der Waals surface area contributed by atoms with Crippen LogP contribution < -0.4 is 5.32 Å². The Bertz CT molecular complexity index is 361. The van der Waals surface area contributed by atoms with E-state index >= 15 is 0 Å². The van der Waals surface area contributed by atoms with Crippen molar-refractivity contribution >= 4 is 33.0 Å². The molecule has 1 aliphatic rings. The summed E-state index contributed by atoms with van der Waals surface area (Å²) < 4.78 is 1.00. The zero-order chi connectivity index (χ0) is 11.4. The molecule has 16 heavy (non-hydrogen) atoms. The third-order valence-corrected chi connectivity index (χ3v) is 4.44. The second kappa shape index (κ2) is 5.91. The monoisotopic (exact) mass is 302 g/mol. The number of hydrogen-bond acceptors (Lipinski definition) is 4. The van der Waals surface area contributed by atoms with Crippen LogP contribution in [0.15, 0.2) is 15.9 Å². The first-order valence-corrected chi connectivity index (χ1v) is 7.13. The molecule has 0 unspecified atom stereocenters. The SMILES string of the molecule is O=C(CCN1CCNCC1)c1cc(Br)cs1. The average molecular weight is 303 g/mol. The Morgan fingerprint density at radius 3 is 2.88 bits per heavy atom. The fraction of sp³-hybridized carbons (Fsp3) is 0.545. The van der Waals surface area contributed by atoms with E-state index in [1.54, 1.807) is 0 Å². The van der Waals surface area contributed by atoms with Crippen molar-refractivity contribution in [2.45, 2.75) is 6.42 Å². The number of rotatable bonds is 4. The summed E-state index contributed by atoms with van der Waals surface area (Å²) in [6.07, 6.45) is 0.632. The molecule has 0 amide bonds. The summed E-state index contributed by atoms with van der Waals surface area (Å²) in [5.74, 6) is 0.259. The minimum absolute atomic E-state index is 0.259. The molecule has 5 heteroatoms. The van der Waals surface area contributed by atoms with Crippen LogP contribution in [0.25, 0.3) is 0 Å². The lowest BCUT2D eigenvalue weighted by atomic mass is 10.2. The molecule has 2 rings (SSSR count). The highest BCUT2D eigenvalue weighted by Gasteiger charge is 2.13. The molecule has 0 saturated carbocycles. The summed E-state index contributed by atoms with van der Waals surface area (Å²) in [7, 11) is 0. The molecule has 0 aromatic carbocycles. The number of piperazine rings is 1. The Balaban J connectivity index is 1.79. The van der Waals surface area contributed by atoms with Crippen LogP contribution in [0.3, 0.4) is 0 Å². The second-order valence-electron chi connectivity index (χ2n) is 3.89. The number of halogens is 1. The van der Waals surface area contributed by atoms with E-state index in [2.05, 4.69) is 26.1 Å². The van der Waals surface area contributed by atoms with Crippen LogP contribution in [-0.2, 0) is 0 Å². The van der Waals surface area contributed by atoms with Gasteiger partial charge in [0.05, 0.1) is 4.88 Å². The number of hydrogen-bond donors (Lipinski definition) is 1. The van der Waals surface area contributed by atoms with Gasteiger partial charge in [-0.15, -0.1) is 11.3 Å². The molecule has 1 aromatic rings. The van der Waals surface area contributed by atoms with Gasteiger partial charge in [-0.1, -0.05) is 0 Å². The maximum atomic E-state index is 11.8. The molecule has 0 bridgehead atoms. The van der Waals surface area contributed by atoms with Gasteiger partial charge < -0.3 is 10.2 Å². The van der Waals surface area contributed by atoms with E-state index in [-0.39, 0.29) is 5.78 Å². The number of thiophene rings is 1. The van der Waals surface area contributed by atoms with Gasteiger partial charge in [-0.25, -0.2) is 0 Å². The highest BCUT2D eigenvalue weighted by molar-refractivity contribution is 9.10. The third kappa shape index (κ3) is 3.38. The van der Waals surface area contributed by atoms with Gasteiger partial charge in [-0.05, 0) is 22.0 Å². The molecular formula is C11H15BrN2OS. The van der Waals surface area contributed by atoms with Crippen LogP contribution in [-0.4, -0.2) is 43.4 Å². The molecule has 0 spiro atoms. The predicted octanol–water partition coefficient (Wildman–Crippen LogP) is 1.99. The number of carbonyl (C=O) groups excluding carboxylic acids is 1. The van der Waals surface area contributed by atoms with Crippen LogP contribution in [0, 0.1) is 0 Å². The average Bonchev–Trinajstić information content (AvgIpc) is 2.74. The molecule has 3 nitrogen and oxygen atoms in total. The molecule has 1 saturated heterocycles. The van der Waals surface area contributed by atoms with Crippen molar-refractivity contribution in [2.75, 3.05) is 32.7 Å². The van der Waals surface area contributed by atoms with E-state index in [9.17, 15) is 4.79 Å². The van der Waals surface area contributed by atoms with Crippen molar-refractivity contribution in [1.82, 2.24) is 10.2 Å². The third-order valence-electron chi connectivity index (χ3n) is 2.71. The maximum Gasteiger partial charge on any atom is 0.174 e. The summed E-state index contributed by atoms with van der Waals surface area (Å²) in [5.41, 5.74) is 0. The number of nitrogens with one attached hydrogen (secondary N) is 1. The highest BCUT2D eigenvalue weighted by atomic mass is 79.9. The summed E-state index contributed by atoms with van der Waals surface area (Å²) in [5, 5.41) is 5.26. The van der Waals surface area contributed by atoms with Gasteiger partial charge in [0.1, 0.15) is 0 Å². The lowest BCUT2D eigenvalue weighted by Gasteiger charge is -2.26. The van der Waals surface area contributed by atoms with E-state index in [0.717, 1.165) is 42.1 Å². The quantitative estimate of drug-likeness (QED) is 0.863. The smallest absolute Gasteiger partial charge is 0.174 e. The maximum absolute atomic E-state index is 11.8. The fourth-order valence-electron chi connectivity index (χ4n) is 1.78. The van der Waals surface area contributed by atoms with Gasteiger partial charge >= 0.3 is 0 Å². The first-order valence-electron chi connectivity index (χ1n) is 5.46. The van der Waals surface area contributed by atoms with Crippen molar-refractivity contribution in [2.24, 2.45) is 0 Å². The number of Topliss-reactive ketones (excluding diaryl/α,β-unsaturated/α-hetero) is 1. The van der Waals surface area contributed by atoms with Gasteiger partial charge in [-0.2, -0.15) is 0 Å². The Morgan fingerprint density at radius 1 is 1.50 bits per heavy atom. The van der Waals surface area contributed by atoms with E-state index in [4.69, 9.17) is 0 Å². The largest absolute Gasteiger partial charge is 0.314 e. The molecule has 0 radical (unpaired) electrons. The van der Waals surface area contributed by atoms with Crippen molar-refractivity contribution in [1.29, 1.82) is 0 Å². The van der Waals surface area contributed by atoms with Crippen molar-refractivity contribution in [3.05, 3.63) is 20.8 Å². The zero-order valence-corrected chi connectivity index (χ0v) is 11.4. The first-order chi connectivity index (χ1) is 7.75. The molecule has 1 aliphatic heterocycles.